The molecule has 4 nitrogen and oxygen atoms in total. The van der Waals surface area contributed by atoms with Gasteiger partial charge in [0, 0.05) is 0 Å². The predicted molar refractivity (Wildman–Crippen MR) is 67.0 cm³/mol. The van der Waals surface area contributed by atoms with Crippen LogP contribution in [0.25, 0.3) is 0 Å². The highest BCUT2D eigenvalue weighted by atomic mass is 16.3. The smallest absolute Gasteiger partial charge is 0.186 e. The Morgan fingerprint density at radius 2 is 1.81 bits per heavy atom. The first-order valence-electron chi connectivity index (χ1n) is 6.01. The van der Waals surface area contributed by atoms with E-state index in [0.29, 0.717) is 17.9 Å². The molecule has 1 aliphatic rings. The van der Waals surface area contributed by atoms with Gasteiger partial charge in [-0.25, -0.2) is 0 Å². The van der Waals surface area contributed by atoms with Crippen molar-refractivity contribution >= 4 is 5.96 Å². The van der Waals surface area contributed by atoms with Gasteiger partial charge in [0.05, 0.1) is 12.1 Å². The van der Waals surface area contributed by atoms with E-state index in [-0.39, 0.29) is 5.96 Å². The lowest BCUT2D eigenvalue weighted by Crippen LogP contribution is -2.40. The number of hydrogen-bond acceptors (Lipinski definition) is 2. The van der Waals surface area contributed by atoms with E-state index < -0.39 is 5.60 Å². The maximum Gasteiger partial charge on any atom is 0.186 e. The summed E-state index contributed by atoms with van der Waals surface area (Å²) in [7, 11) is 0. The van der Waals surface area contributed by atoms with E-state index >= 15 is 0 Å². The molecular weight excluding hydrogens is 202 g/mol. The Morgan fingerprint density at radius 1 is 1.31 bits per heavy atom. The van der Waals surface area contributed by atoms with Crippen LogP contribution in [-0.4, -0.2) is 23.2 Å². The van der Waals surface area contributed by atoms with Gasteiger partial charge in [0.25, 0.3) is 0 Å². The summed E-state index contributed by atoms with van der Waals surface area (Å²) in [6.07, 6.45) is 3.71. The zero-order valence-electron chi connectivity index (χ0n) is 10.7. The number of aliphatic hydroxyl groups is 1. The van der Waals surface area contributed by atoms with Gasteiger partial charge in [0.15, 0.2) is 5.96 Å². The molecule has 5 N–H and O–H groups in total. The fraction of sp³-hybridized carbons (Fsp3) is 0.917. The van der Waals surface area contributed by atoms with Crippen LogP contribution in [0.1, 0.15) is 46.5 Å². The van der Waals surface area contributed by atoms with Crippen LogP contribution in [0.4, 0.5) is 0 Å². The summed E-state index contributed by atoms with van der Waals surface area (Å²) < 4.78 is 0. The van der Waals surface area contributed by atoms with E-state index in [2.05, 4.69) is 25.8 Å². The van der Waals surface area contributed by atoms with Gasteiger partial charge in [0.2, 0.25) is 0 Å². The predicted octanol–water partition coefficient (Wildman–Crippen LogP) is 1.23. The van der Waals surface area contributed by atoms with Crippen molar-refractivity contribution in [3.63, 3.8) is 0 Å². The quantitative estimate of drug-likeness (QED) is 0.490. The normalized spacial score (nSPS) is 31.1. The Morgan fingerprint density at radius 3 is 2.19 bits per heavy atom. The number of nitrogens with zero attached hydrogens (tertiary/aromatic N) is 1. The van der Waals surface area contributed by atoms with E-state index in [9.17, 15) is 5.11 Å². The summed E-state index contributed by atoms with van der Waals surface area (Å²) in [5.41, 5.74) is 10.2. The summed E-state index contributed by atoms with van der Waals surface area (Å²) >= 11 is 0. The SMILES string of the molecule is CC(C)(C)C1CCC(O)(CN=C(N)N)CC1. The molecule has 0 aromatic rings. The third kappa shape index (κ3) is 3.67. The third-order valence-corrected chi connectivity index (χ3v) is 3.70. The maximum absolute atomic E-state index is 10.3. The Kier molecular flexibility index (Phi) is 3.84. The topological polar surface area (TPSA) is 84.6 Å². The van der Waals surface area contributed by atoms with Crippen molar-refractivity contribution in [2.45, 2.75) is 52.1 Å². The minimum Gasteiger partial charge on any atom is -0.388 e. The van der Waals surface area contributed by atoms with Gasteiger partial charge in [-0.1, -0.05) is 20.8 Å². The van der Waals surface area contributed by atoms with Crippen molar-refractivity contribution in [2.75, 3.05) is 6.54 Å². The van der Waals surface area contributed by atoms with Gasteiger partial charge in [-0.2, -0.15) is 0 Å². The highest BCUT2D eigenvalue weighted by Crippen LogP contribution is 2.41. The molecule has 0 spiro atoms. The lowest BCUT2D eigenvalue weighted by molar-refractivity contribution is -0.0171. The molecule has 0 atom stereocenters. The molecule has 0 amide bonds. The summed E-state index contributed by atoms with van der Waals surface area (Å²) in [6.45, 7) is 7.13. The molecule has 4 heteroatoms. The van der Waals surface area contributed by atoms with Crippen molar-refractivity contribution in [3.05, 3.63) is 0 Å². The molecule has 0 radical (unpaired) electrons. The van der Waals surface area contributed by atoms with Crippen molar-refractivity contribution in [2.24, 2.45) is 27.8 Å². The van der Waals surface area contributed by atoms with Crippen LogP contribution in [0.2, 0.25) is 0 Å². The van der Waals surface area contributed by atoms with Crippen LogP contribution in [-0.2, 0) is 0 Å². The summed E-state index contributed by atoms with van der Waals surface area (Å²) in [5, 5.41) is 10.3. The number of nitrogens with two attached hydrogens (primary N) is 2. The van der Waals surface area contributed by atoms with Crippen LogP contribution in [0.15, 0.2) is 4.99 Å². The molecule has 1 saturated carbocycles. The zero-order chi connectivity index (χ0) is 12.4. The maximum atomic E-state index is 10.3. The molecule has 1 fully saturated rings. The van der Waals surface area contributed by atoms with E-state index in [1.165, 1.54) is 0 Å². The second-order valence-electron chi connectivity index (χ2n) is 6.11. The molecule has 0 unspecified atom stereocenters. The van der Waals surface area contributed by atoms with Crippen LogP contribution in [0.3, 0.4) is 0 Å². The van der Waals surface area contributed by atoms with Gasteiger partial charge < -0.3 is 16.6 Å². The lowest BCUT2D eigenvalue weighted by atomic mass is 9.68. The fourth-order valence-corrected chi connectivity index (χ4v) is 2.42. The van der Waals surface area contributed by atoms with Gasteiger partial charge in [-0.15, -0.1) is 0 Å². The number of hydrogen-bond donors (Lipinski definition) is 3. The molecule has 16 heavy (non-hydrogen) atoms. The number of aliphatic imine (C=N–C) groups is 1. The van der Waals surface area contributed by atoms with E-state index in [4.69, 9.17) is 11.5 Å². The van der Waals surface area contributed by atoms with Crippen molar-refractivity contribution in [1.29, 1.82) is 0 Å². The Labute approximate surface area is 98.1 Å². The van der Waals surface area contributed by atoms with Crippen LogP contribution < -0.4 is 11.5 Å². The highest BCUT2D eigenvalue weighted by molar-refractivity contribution is 5.75. The van der Waals surface area contributed by atoms with Gasteiger partial charge in [-0.05, 0) is 37.0 Å². The molecule has 0 aromatic heterocycles. The average molecular weight is 227 g/mol. The van der Waals surface area contributed by atoms with Crippen LogP contribution in [0.5, 0.6) is 0 Å². The molecule has 0 aromatic carbocycles. The summed E-state index contributed by atoms with van der Waals surface area (Å²) in [4.78, 5) is 3.93. The minimum absolute atomic E-state index is 0.0615. The molecule has 0 bridgehead atoms. The summed E-state index contributed by atoms with van der Waals surface area (Å²) in [5.74, 6) is 0.748. The van der Waals surface area contributed by atoms with E-state index in [1.54, 1.807) is 0 Å². The number of rotatable bonds is 2. The monoisotopic (exact) mass is 227 g/mol. The van der Waals surface area contributed by atoms with E-state index in [1.807, 2.05) is 0 Å². The molecule has 0 aliphatic heterocycles. The first-order chi connectivity index (χ1) is 7.23. The Balaban J connectivity index is 2.50. The van der Waals surface area contributed by atoms with Crippen LogP contribution in [0, 0.1) is 11.3 Å². The van der Waals surface area contributed by atoms with Crippen molar-refractivity contribution in [1.82, 2.24) is 0 Å². The Hall–Kier alpha value is -0.770. The molecule has 94 valence electrons. The lowest BCUT2D eigenvalue weighted by Gasteiger charge is -2.40. The van der Waals surface area contributed by atoms with Crippen LogP contribution >= 0.6 is 0 Å². The molecule has 0 heterocycles. The molecular formula is C12H25N3O. The first kappa shape index (κ1) is 13.3. The Bertz CT molecular complexity index is 256. The molecule has 0 saturated heterocycles. The molecule has 1 rings (SSSR count). The van der Waals surface area contributed by atoms with E-state index in [0.717, 1.165) is 25.7 Å². The summed E-state index contributed by atoms with van der Waals surface area (Å²) in [6, 6.07) is 0. The largest absolute Gasteiger partial charge is 0.388 e. The van der Waals surface area contributed by atoms with Gasteiger partial charge >= 0.3 is 0 Å². The van der Waals surface area contributed by atoms with Gasteiger partial charge in [0.1, 0.15) is 0 Å². The second kappa shape index (κ2) is 4.62. The second-order valence-corrected chi connectivity index (χ2v) is 6.11. The fourth-order valence-electron chi connectivity index (χ4n) is 2.42. The minimum atomic E-state index is -0.689. The average Bonchev–Trinajstić information content (AvgIpc) is 2.14. The van der Waals surface area contributed by atoms with Crippen molar-refractivity contribution < 1.29 is 5.11 Å². The zero-order valence-corrected chi connectivity index (χ0v) is 10.7. The standard InChI is InChI=1S/C12H25N3O/c1-11(2,3)9-4-6-12(16,7-5-9)8-15-10(13)14/h9,16H,4-8H2,1-3H3,(H4,13,14,15). The molecule has 1 aliphatic carbocycles. The van der Waals surface area contributed by atoms with Crippen molar-refractivity contribution in [3.8, 4) is 0 Å². The third-order valence-electron chi connectivity index (χ3n) is 3.70. The highest BCUT2D eigenvalue weighted by Gasteiger charge is 2.37. The first-order valence-corrected chi connectivity index (χ1v) is 6.01. The number of guanidine groups is 1. The van der Waals surface area contributed by atoms with Gasteiger partial charge in [-0.3, -0.25) is 4.99 Å².